The van der Waals surface area contributed by atoms with E-state index in [1.807, 2.05) is 25.1 Å². The van der Waals surface area contributed by atoms with E-state index < -0.39 is 0 Å². The smallest absolute Gasteiger partial charge is 0.213 e. The third kappa shape index (κ3) is 3.20. The molecule has 0 aromatic carbocycles. The lowest BCUT2D eigenvalue weighted by molar-refractivity contribution is 0.186. The number of aryl methyl sites for hydroxylation is 1. The van der Waals surface area contributed by atoms with Crippen LogP contribution in [0.15, 0.2) is 18.2 Å². The summed E-state index contributed by atoms with van der Waals surface area (Å²) in [5, 5.41) is 3.38. The summed E-state index contributed by atoms with van der Waals surface area (Å²) >= 11 is 0. The molecule has 1 N–H and O–H groups in total. The zero-order valence-corrected chi connectivity index (χ0v) is 9.20. The first kappa shape index (κ1) is 10.4. The minimum atomic E-state index is 0.279. The molecule has 3 heteroatoms. The van der Waals surface area contributed by atoms with Gasteiger partial charge in [-0.1, -0.05) is 6.07 Å². The van der Waals surface area contributed by atoms with Gasteiger partial charge in [-0.2, -0.15) is 0 Å². The molecular formula is C12H18N2O. The Hall–Kier alpha value is -1.09. The van der Waals surface area contributed by atoms with Gasteiger partial charge in [-0.3, -0.25) is 0 Å². The lowest BCUT2D eigenvalue weighted by atomic mass is 10.2. The topological polar surface area (TPSA) is 34.1 Å². The minimum absolute atomic E-state index is 0.279. The summed E-state index contributed by atoms with van der Waals surface area (Å²) in [6.07, 6.45) is 3.90. The van der Waals surface area contributed by atoms with Gasteiger partial charge in [-0.15, -0.1) is 0 Å². The molecule has 2 heterocycles. The van der Waals surface area contributed by atoms with Crippen molar-refractivity contribution in [3.8, 4) is 5.88 Å². The van der Waals surface area contributed by atoms with Gasteiger partial charge in [-0.25, -0.2) is 4.98 Å². The van der Waals surface area contributed by atoms with Crippen LogP contribution in [-0.4, -0.2) is 24.2 Å². The molecule has 82 valence electrons. The van der Waals surface area contributed by atoms with Gasteiger partial charge in [0, 0.05) is 18.3 Å². The number of hydrogen-bond donors (Lipinski definition) is 1. The van der Waals surface area contributed by atoms with Gasteiger partial charge < -0.3 is 10.1 Å². The van der Waals surface area contributed by atoms with Crippen LogP contribution in [0.1, 0.15) is 25.0 Å². The van der Waals surface area contributed by atoms with Crippen molar-refractivity contribution in [1.29, 1.82) is 0 Å². The second-order valence-corrected chi connectivity index (χ2v) is 4.06. The number of nitrogens with zero attached hydrogens (tertiary/aromatic N) is 1. The summed E-state index contributed by atoms with van der Waals surface area (Å²) in [5.74, 6) is 0.753. The summed E-state index contributed by atoms with van der Waals surface area (Å²) in [6.45, 7) is 4.04. The van der Waals surface area contributed by atoms with Gasteiger partial charge in [0.15, 0.2) is 0 Å². The molecule has 1 aromatic heterocycles. The summed E-state index contributed by atoms with van der Waals surface area (Å²) < 4.78 is 5.84. The van der Waals surface area contributed by atoms with Crippen LogP contribution in [0.3, 0.4) is 0 Å². The zero-order chi connectivity index (χ0) is 10.5. The Bertz CT molecular complexity index is 306. The fourth-order valence-electron chi connectivity index (χ4n) is 1.84. The summed E-state index contributed by atoms with van der Waals surface area (Å²) in [7, 11) is 0. The maximum atomic E-state index is 5.84. The summed E-state index contributed by atoms with van der Waals surface area (Å²) in [4.78, 5) is 4.35. The van der Waals surface area contributed by atoms with Gasteiger partial charge in [0.1, 0.15) is 6.10 Å². The lowest BCUT2D eigenvalue weighted by Crippen LogP contribution is -2.29. The molecule has 0 aliphatic carbocycles. The van der Waals surface area contributed by atoms with Crippen molar-refractivity contribution < 1.29 is 4.74 Å². The molecule has 0 saturated carbocycles. The molecule has 0 amide bonds. The fourth-order valence-corrected chi connectivity index (χ4v) is 1.84. The molecule has 2 rings (SSSR count). The third-order valence-corrected chi connectivity index (χ3v) is 2.65. The number of rotatable bonds is 2. The Balaban J connectivity index is 1.95. The van der Waals surface area contributed by atoms with Crippen LogP contribution in [0, 0.1) is 6.92 Å². The standard InChI is InChI=1S/C12H18N2O/c1-10-5-4-7-12(14-10)15-11-6-2-3-8-13-9-11/h4-5,7,11,13H,2-3,6,8-9H2,1H3. The van der Waals surface area contributed by atoms with Crippen molar-refractivity contribution in [3.05, 3.63) is 23.9 Å². The molecule has 1 atom stereocenters. The van der Waals surface area contributed by atoms with Crippen LogP contribution < -0.4 is 10.1 Å². The highest BCUT2D eigenvalue weighted by atomic mass is 16.5. The van der Waals surface area contributed by atoms with Crippen LogP contribution in [0.25, 0.3) is 0 Å². The van der Waals surface area contributed by atoms with Crippen LogP contribution in [0.5, 0.6) is 5.88 Å². The van der Waals surface area contributed by atoms with Gasteiger partial charge in [0.25, 0.3) is 0 Å². The maximum Gasteiger partial charge on any atom is 0.213 e. The van der Waals surface area contributed by atoms with Crippen LogP contribution >= 0.6 is 0 Å². The van der Waals surface area contributed by atoms with E-state index in [1.165, 1.54) is 12.8 Å². The van der Waals surface area contributed by atoms with Crippen LogP contribution in [0.4, 0.5) is 0 Å². The van der Waals surface area contributed by atoms with E-state index in [-0.39, 0.29) is 6.10 Å². The highest BCUT2D eigenvalue weighted by Crippen LogP contribution is 2.13. The number of aromatic nitrogens is 1. The monoisotopic (exact) mass is 206 g/mol. The Labute approximate surface area is 90.9 Å². The molecule has 3 nitrogen and oxygen atoms in total. The third-order valence-electron chi connectivity index (χ3n) is 2.65. The highest BCUT2D eigenvalue weighted by molar-refractivity contribution is 5.15. The average molecular weight is 206 g/mol. The number of hydrogen-bond acceptors (Lipinski definition) is 3. The molecule has 1 fully saturated rings. The molecule has 1 aromatic rings. The maximum absolute atomic E-state index is 5.84. The molecule has 1 unspecified atom stereocenters. The van der Waals surface area contributed by atoms with Crippen LogP contribution in [0.2, 0.25) is 0 Å². The molecular weight excluding hydrogens is 188 g/mol. The van der Waals surface area contributed by atoms with Crippen LogP contribution in [-0.2, 0) is 0 Å². The van der Waals surface area contributed by atoms with Crippen molar-refractivity contribution in [2.45, 2.75) is 32.3 Å². The van der Waals surface area contributed by atoms with Gasteiger partial charge >= 0.3 is 0 Å². The molecule has 0 radical (unpaired) electrons. The van der Waals surface area contributed by atoms with Crippen molar-refractivity contribution in [2.24, 2.45) is 0 Å². The Morgan fingerprint density at radius 3 is 3.20 bits per heavy atom. The molecule has 15 heavy (non-hydrogen) atoms. The van der Waals surface area contributed by atoms with E-state index >= 15 is 0 Å². The molecule has 1 aliphatic rings. The number of nitrogens with one attached hydrogen (secondary N) is 1. The van der Waals surface area contributed by atoms with Gasteiger partial charge in [-0.05, 0) is 38.8 Å². The van der Waals surface area contributed by atoms with E-state index in [1.54, 1.807) is 0 Å². The first-order valence-corrected chi connectivity index (χ1v) is 5.65. The second kappa shape index (κ2) is 5.12. The van der Waals surface area contributed by atoms with Gasteiger partial charge in [0.2, 0.25) is 5.88 Å². The van der Waals surface area contributed by atoms with Crippen molar-refractivity contribution in [3.63, 3.8) is 0 Å². The fraction of sp³-hybridized carbons (Fsp3) is 0.583. The molecule has 1 saturated heterocycles. The van der Waals surface area contributed by atoms with Crippen molar-refractivity contribution in [2.75, 3.05) is 13.1 Å². The Kier molecular flexibility index (Phi) is 3.56. The highest BCUT2D eigenvalue weighted by Gasteiger charge is 2.13. The average Bonchev–Trinajstić information content (AvgIpc) is 2.46. The van der Waals surface area contributed by atoms with Crippen molar-refractivity contribution >= 4 is 0 Å². The summed E-state index contributed by atoms with van der Waals surface area (Å²) in [5.41, 5.74) is 1.01. The largest absolute Gasteiger partial charge is 0.473 e. The first-order chi connectivity index (χ1) is 7.34. The van der Waals surface area contributed by atoms with Gasteiger partial charge in [0.05, 0.1) is 0 Å². The van der Waals surface area contributed by atoms with E-state index in [0.29, 0.717) is 0 Å². The predicted octanol–water partition coefficient (Wildman–Crippen LogP) is 1.91. The quantitative estimate of drug-likeness (QED) is 0.802. The van der Waals surface area contributed by atoms with Crippen molar-refractivity contribution in [1.82, 2.24) is 10.3 Å². The van der Waals surface area contributed by atoms with E-state index in [2.05, 4.69) is 10.3 Å². The zero-order valence-electron chi connectivity index (χ0n) is 9.20. The Morgan fingerprint density at radius 1 is 1.40 bits per heavy atom. The normalized spacial score (nSPS) is 22.1. The second-order valence-electron chi connectivity index (χ2n) is 4.06. The van der Waals surface area contributed by atoms with E-state index in [9.17, 15) is 0 Å². The van der Waals surface area contributed by atoms with E-state index in [0.717, 1.165) is 31.1 Å². The minimum Gasteiger partial charge on any atom is -0.473 e. The SMILES string of the molecule is Cc1cccc(OC2CCCCNC2)n1. The Morgan fingerprint density at radius 2 is 2.33 bits per heavy atom. The summed E-state index contributed by atoms with van der Waals surface area (Å²) in [6, 6.07) is 5.90. The molecule has 0 bridgehead atoms. The molecule has 1 aliphatic heterocycles. The van der Waals surface area contributed by atoms with E-state index in [4.69, 9.17) is 4.74 Å². The lowest BCUT2D eigenvalue weighted by Gasteiger charge is -2.16. The predicted molar refractivity (Wildman–Crippen MR) is 60.1 cm³/mol. The number of ether oxygens (including phenoxy) is 1. The first-order valence-electron chi connectivity index (χ1n) is 5.65. The molecule has 0 spiro atoms. The number of pyridine rings is 1.